The van der Waals surface area contributed by atoms with E-state index < -0.39 is 21.2 Å². The highest BCUT2D eigenvalue weighted by Gasteiger charge is 2.26. The van der Waals surface area contributed by atoms with Gasteiger partial charge in [-0.3, -0.25) is 0 Å². The summed E-state index contributed by atoms with van der Waals surface area (Å²) < 4.78 is 36.3. The molecule has 84 valence electrons. The van der Waals surface area contributed by atoms with Gasteiger partial charge in [-0.25, -0.2) is 12.8 Å². The van der Waals surface area contributed by atoms with Crippen LogP contribution < -0.4 is 5.73 Å². The number of hydrogen-bond acceptors (Lipinski definition) is 3. The summed E-state index contributed by atoms with van der Waals surface area (Å²) in [5, 5.41) is 0. The molecule has 1 aromatic carbocycles. The van der Waals surface area contributed by atoms with Crippen LogP contribution in [0, 0.1) is 5.82 Å². The fourth-order valence-corrected chi connectivity index (χ4v) is 2.55. The van der Waals surface area contributed by atoms with Crippen molar-refractivity contribution in [3.63, 3.8) is 0 Å². The average Bonchev–Trinajstić information content (AvgIpc) is 1.99. The predicted molar refractivity (Wildman–Crippen MR) is 56.7 cm³/mol. The Morgan fingerprint density at radius 3 is 2.20 bits per heavy atom. The van der Waals surface area contributed by atoms with Crippen LogP contribution in [0.25, 0.3) is 0 Å². The highest BCUT2D eigenvalue weighted by atomic mass is 32.2. The van der Waals surface area contributed by atoms with Crippen LogP contribution in [0.4, 0.5) is 4.39 Å². The maximum atomic E-state index is 13.4. The lowest BCUT2D eigenvalue weighted by Crippen LogP contribution is -2.31. The second-order valence-electron chi connectivity index (χ2n) is 4.11. The minimum atomic E-state index is -3.60. The molecule has 15 heavy (non-hydrogen) atoms. The summed E-state index contributed by atoms with van der Waals surface area (Å²) >= 11 is 0. The maximum Gasteiger partial charge on any atom is 0.178 e. The fourth-order valence-electron chi connectivity index (χ4n) is 1.39. The van der Waals surface area contributed by atoms with E-state index in [1.54, 1.807) is 13.8 Å². The Balaban J connectivity index is 3.63. The SMILES string of the molecule is CC(C)(N)c1cccc(F)c1S(C)(=O)=O. The van der Waals surface area contributed by atoms with Gasteiger partial charge in [0.05, 0.1) is 0 Å². The second-order valence-corrected chi connectivity index (χ2v) is 6.06. The molecule has 1 aromatic rings. The summed E-state index contributed by atoms with van der Waals surface area (Å²) in [4.78, 5) is -0.308. The Bertz CT molecular complexity index is 475. The molecule has 0 atom stereocenters. The third-order valence-corrected chi connectivity index (χ3v) is 3.19. The number of hydrogen-bond donors (Lipinski definition) is 1. The topological polar surface area (TPSA) is 60.2 Å². The number of nitrogens with two attached hydrogens (primary N) is 1. The molecule has 0 bridgehead atoms. The van der Waals surface area contributed by atoms with Gasteiger partial charge >= 0.3 is 0 Å². The summed E-state index contributed by atoms with van der Waals surface area (Å²) in [5.41, 5.74) is 5.20. The van der Waals surface area contributed by atoms with Crippen LogP contribution in [0.2, 0.25) is 0 Å². The van der Waals surface area contributed by atoms with Gasteiger partial charge in [0, 0.05) is 11.8 Å². The minimum Gasteiger partial charge on any atom is -0.322 e. The predicted octanol–water partition coefficient (Wildman–Crippen LogP) is 1.42. The van der Waals surface area contributed by atoms with Crippen LogP contribution >= 0.6 is 0 Å². The molecule has 0 saturated carbocycles. The van der Waals surface area contributed by atoms with Crippen LogP contribution in [0.15, 0.2) is 23.1 Å². The molecule has 0 radical (unpaired) electrons. The molecule has 2 N–H and O–H groups in total. The summed E-state index contributed by atoms with van der Waals surface area (Å²) in [5.74, 6) is -0.756. The van der Waals surface area contributed by atoms with Crippen LogP contribution in [0.5, 0.6) is 0 Å². The zero-order valence-corrected chi connectivity index (χ0v) is 9.73. The van der Waals surface area contributed by atoms with E-state index in [-0.39, 0.29) is 4.90 Å². The molecule has 0 aromatic heterocycles. The van der Waals surface area contributed by atoms with E-state index >= 15 is 0 Å². The van der Waals surface area contributed by atoms with Gasteiger partial charge in [0.25, 0.3) is 0 Å². The third-order valence-electron chi connectivity index (χ3n) is 2.03. The number of halogens is 1. The van der Waals surface area contributed by atoms with Crippen LogP contribution in [-0.2, 0) is 15.4 Å². The van der Waals surface area contributed by atoms with Crippen molar-refractivity contribution >= 4 is 9.84 Å². The second kappa shape index (κ2) is 3.57. The van der Waals surface area contributed by atoms with E-state index in [1.807, 2.05) is 0 Å². The van der Waals surface area contributed by atoms with Crippen LogP contribution in [0.3, 0.4) is 0 Å². The minimum absolute atomic E-state index is 0.296. The van der Waals surface area contributed by atoms with Crippen molar-refractivity contribution in [1.29, 1.82) is 0 Å². The zero-order chi connectivity index (χ0) is 11.9. The largest absolute Gasteiger partial charge is 0.322 e. The Hall–Kier alpha value is -0.940. The molecule has 0 aliphatic carbocycles. The van der Waals surface area contributed by atoms with E-state index in [0.29, 0.717) is 5.56 Å². The molecule has 0 heterocycles. The lowest BCUT2D eigenvalue weighted by molar-refractivity contribution is 0.510. The summed E-state index contributed by atoms with van der Waals surface area (Å²) in [7, 11) is -3.60. The van der Waals surface area contributed by atoms with Crippen molar-refractivity contribution in [2.45, 2.75) is 24.3 Å². The third kappa shape index (κ3) is 2.54. The Kier molecular flexibility index (Phi) is 2.89. The van der Waals surface area contributed by atoms with Gasteiger partial charge in [-0.1, -0.05) is 12.1 Å². The van der Waals surface area contributed by atoms with E-state index in [9.17, 15) is 12.8 Å². The Morgan fingerprint density at radius 2 is 1.87 bits per heavy atom. The molecule has 0 amide bonds. The molecule has 0 aliphatic rings. The zero-order valence-electron chi connectivity index (χ0n) is 8.91. The lowest BCUT2D eigenvalue weighted by Gasteiger charge is -2.22. The molecular weight excluding hydrogens is 217 g/mol. The van der Waals surface area contributed by atoms with Crippen molar-refractivity contribution in [2.75, 3.05) is 6.26 Å². The Labute approximate surface area is 89.0 Å². The molecule has 5 heteroatoms. The molecule has 0 spiro atoms. The number of sulfone groups is 1. The van der Waals surface area contributed by atoms with Crippen molar-refractivity contribution in [1.82, 2.24) is 0 Å². The van der Waals surface area contributed by atoms with Crippen molar-refractivity contribution < 1.29 is 12.8 Å². The van der Waals surface area contributed by atoms with Crippen molar-refractivity contribution in [3.05, 3.63) is 29.6 Å². The van der Waals surface area contributed by atoms with Gasteiger partial charge in [-0.2, -0.15) is 0 Å². The highest BCUT2D eigenvalue weighted by Crippen LogP contribution is 2.27. The summed E-state index contributed by atoms with van der Waals surface area (Å²) in [6, 6.07) is 4.10. The fraction of sp³-hybridized carbons (Fsp3) is 0.400. The summed E-state index contributed by atoms with van der Waals surface area (Å²) in [6.07, 6.45) is 0.973. The van der Waals surface area contributed by atoms with Gasteiger partial charge < -0.3 is 5.73 Å². The molecular formula is C10H14FNO2S. The molecule has 0 fully saturated rings. The first kappa shape index (κ1) is 12.1. The highest BCUT2D eigenvalue weighted by molar-refractivity contribution is 7.90. The smallest absolute Gasteiger partial charge is 0.178 e. The quantitative estimate of drug-likeness (QED) is 0.837. The maximum absolute atomic E-state index is 13.4. The Morgan fingerprint density at radius 1 is 1.33 bits per heavy atom. The first-order valence-electron chi connectivity index (χ1n) is 4.42. The van der Waals surface area contributed by atoms with E-state index in [4.69, 9.17) is 5.73 Å². The number of benzene rings is 1. The van der Waals surface area contributed by atoms with Gasteiger partial charge in [0.15, 0.2) is 9.84 Å². The first-order chi connectivity index (χ1) is 6.64. The average molecular weight is 231 g/mol. The van der Waals surface area contributed by atoms with Crippen molar-refractivity contribution in [2.24, 2.45) is 5.73 Å². The van der Waals surface area contributed by atoms with E-state index in [0.717, 1.165) is 12.3 Å². The van der Waals surface area contributed by atoms with Crippen molar-refractivity contribution in [3.8, 4) is 0 Å². The molecule has 0 aliphatic heterocycles. The molecule has 0 saturated heterocycles. The van der Waals surface area contributed by atoms with Gasteiger partial charge in [-0.05, 0) is 25.5 Å². The monoisotopic (exact) mass is 231 g/mol. The summed E-state index contributed by atoms with van der Waals surface area (Å²) in [6.45, 7) is 3.27. The standard InChI is InChI=1S/C10H14FNO2S/c1-10(2,12)7-5-4-6-8(11)9(7)15(3,13)14/h4-6H,12H2,1-3H3. The number of rotatable bonds is 2. The van der Waals surface area contributed by atoms with E-state index in [2.05, 4.69) is 0 Å². The molecule has 1 rings (SSSR count). The van der Waals surface area contributed by atoms with Crippen LogP contribution in [-0.4, -0.2) is 14.7 Å². The normalized spacial score (nSPS) is 12.9. The van der Waals surface area contributed by atoms with Gasteiger partial charge in [0.2, 0.25) is 0 Å². The van der Waals surface area contributed by atoms with Crippen LogP contribution in [0.1, 0.15) is 19.4 Å². The molecule has 3 nitrogen and oxygen atoms in total. The lowest BCUT2D eigenvalue weighted by atomic mass is 9.95. The molecule has 0 unspecified atom stereocenters. The van der Waals surface area contributed by atoms with Gasteiger partial charge in [-0.15, -0.1) is 0 Å². The first-order valence-corrected chi connectivity index (χ1v) is 6.31. The van der Waals surface area contributed by atoms with Gasteiger partial charge in [0.1, 0.15) is 10.7 Å². The van der Waals surface area contributed by atoms with E-state index in [1.165, 1.54) is 12.1 Å².